The Morgan fingerprint density at radius 2 is 1.35 bits per heavy atom. The second-order valence-corrected chi connectivity index (χ2v) is 8.23. The number of piperidine rings is 1. The third-order valence-electron chi connectivity index (χ3n) is 6.18. The summed E-state index contributed by atoms with van der Waals surface area (Å²) in [7, 11) is 0. The molecule has 0 aliphatic carbocycles. The Labute approximate surface area is 182 Å². The van der Waals surface area contributed by atoms with Crippen molar-refractivity contribution in [3.8, 4) is 5.69 Å². The molecule has 2 saturated heterocycles. The van der Waals surface area contributed by atoms with Gasteiger partial charge in [-0.1, -0.05) is 18.2 Å². The molecule has 0 atom stereocenters. The molecule has 2 aliphatic heterocycles. The number of hydrogen-bond acceptors (Lipinski definition) is 4. The number of hydrogen-bond donors (Lipinski definition) is 0. The average Bonchev–Trinajstić information content (AvgIpc) is 3.12. The highest BCUT2D eigenvalue weighted by molar-refractivity contribution is 6.43. The van der Waals surface area contributed by atoms with Crippen LogP contribution in [-0.4, -0.2) is 81.5 Å². The molecule has 164 valence electrons. The number of benzene rings is 1. The molecule has 0 bridgehead atoms. The first-order chi connectivity index (χ1) is 15.0. The zero-order valence-electron chi connectivity index (χ0n) is 18.2. The van der Waals surface area contributed by atoms with Crippen LogP contribution in [0.3, 0.4) is 0 Å². The molecule has 8 heteroatoms. The van der Waals surface area contributed by atoms with Crippen LogP contribution in [0.25, 0.3) is 5.69 Å². The third-order valence-corrected chi connectivity index (χ3v) is 6.18. The van der Waals surface area contributed by atoms with Gasteiger partial charge in [0.05, 0.1) is 22.6 Å². The summed E-state index contributed by atoms with van der Waals surface area (Å²) in [6.45, 7) is 6.82. The zero-order chi connectivity index (χ0) is 22.0. The standard InChI is InChI=1S/C23H29N5O3/c1-17-20(18(2)28(24-17)19-9-5-3-6-10-19)21(29)22(30)25-13-15-27(16-14-25)23(31)26-11-7-4-8-12-26/h3,5-6,9-10H,4,7-8,11-16H2,1-2H3. The van der Waals surface area contributed by atoms with E-state index in [1.807, 2.05) is 42.2 Å². The Bertz CT molecular complexity index is 971. The van der Waals surface area contributed by atoms with Crippen molar-refractivity contribution in [2.45, 2.75) is 33.1 Å². The van der Waals surface area contributed by atoms with Gasteiger partial charge in [0.25, 0.3) is 11.7 Å². The minimum Gasteiger partial charge on any atom is -0.332 e. The minimum atomic E-state index is -0.534. The summed E-state index contributed by atoms with van der Waals surface area (Å²) < 4.78 is 1.70. The first-order valence-corrected chi connectivity index (χ1v) is 11.0. The molecule has 3 heterocycles. The minimum absolute atomic E-state index is 0.0500. The molecule has 31 heavy (non-hydrogen) atoms. The van der Waals surface area contributed by atoms with E-state index in [1.165, 1.54) is 6.42 Å². The number of carbonyl (C=O) groups excluding carboxylic acids is 3. The Balaban J connectivity index is 1.42. The number of rotatable bonds is 3. The molecular formula is C23H29N5O3. The van der Waals surface area contributed by atoms with E-state index in [2.05, 4.69) is 5.10 Å². The molecule has 0 saturated carbocycles. The quantitative estimate of drug-likeness (QED) is 0.561. The summed E-state index contributed by atoms with van der Waals surface area (Å²) in [6, 6.07) is 9.60. The fourth-order valence-corrected chi connectivity index (χ4v) is 4.43. The summed E-state index contributed by atoms with van der Waals surface area (Å²) in [5, 5.41) is 4.48. The van der Waals surface area contributed by atoms with Gasteiger partial charge in [-0.05, 0) is 45.2 Å². The maximum atomic E-state index is 13.1. The normalized spacial score (nSPS) is 17.0. The topological polar surface area (TPSA) is 78.8 Å². The van der Waals surface area contributed by atoms with Gasteiger partial charge >= 0.3 is 6.03 Å². The van der Waals surface area contributed by atoms with Gasteiger partial charge in [0.15, 0.2) is 0 Å². The summed E-state index contributed by atoms with van der Waals surface area (Å²) >= 11 is 0. The molecule has 4 rings (SSSR count). The number of urea groups is 1. The van der Waals surface area contributed by atoms with Crippen LogP contribution in [0, 0.1) is 13.8 Å². The highest BCUT2D eigenvalue weighted by atomic mass is 16.2. The lowest BCUT2D eigenvalue weighted by atomic mass is 10.1. The number of likely N-dealkylation sites (tertiary alicyclic amines) is 1. The Morgan fingerprint density at radius 1 is 0.774 bits per heavy atom. The van der Waals surface area contributed by atoms with Gasteiger partial charge in [0.1, 0.15) is 0 Å². The second-order valence-electron chi connectivity index (χ2n) is 8.23. The number of amides is 3. The maximum Gasteiger partial charge on any atom is 0.320 e. The fraction of sp³-hybridized carbons (Fsp3) is 0.478. The molecule has 2 aliphatic rings. The van der Waals surface area contributed by atoms with Gasteiger partial charge < -0.3 is 14.7 Å². The SMILES string of the molecule is Cc1nn(-c2ccccc2)c(C)c1C(=O)C(=O)N1CCN(C(=O)N2CCCCC2)CC1. The summed E-state index contributed by atoms with van der Waals surface area (Å²) in [4.78, 5) is 43.9. The van der Waals surface area contributed by atoms with Crippen LogP contribution >= 0.6 is 0 Å². The number of piperazine rings is 1. The van der Waals surface area contributed by atoms with Gasteiger partial charge in [-0.3, -0.25) is 9.59 Å². The lowest BCUT2D eigenvalue weighted by Crippen LogP contribution is -2.55. The van der Waals surface area contributed by atoms with Crippen molar-refractivity contribution in [3.05, 3.63) is 47.3 Å². The first kappa shape index (κ1) is 21.1. The van der Waals surface area contributed by atoms with Crippen molar-refractivity contribution < 1.29 is 14.4 Å². The average molecular weight is 424 g/mol. The van der Waals surface area contributed by atoms with E-state index in [-0.39, 0.29) is 6.03 Å². The highest BCUT2D eigenvalue weighted by Crippen LogP contribution is 2.20. The van der Waals surface area contributed by atoms with Crippen LogP contribution in [0.15, 0.2) is 30.3 Å². The molecule has 2 fully saturated rings. The molecule has 0 N–H and O–H groups in total. The number of para-hydroxylation sites is 1. The van der Waals surface area contributed by atoms with Crippen molar-refractivity contribution in [1.29, 1.82) is 0 Å². The lowest BCUT2D eigenvalue weighted by molar-refractivity contribution is -0.127. The van der Waals surface area contributed by atoms with Crippen molar-refractivity contribution in [2.75, 3.05) is 39.3 Å². The molecular weight excluding hydrogens is 394 g/mol. The van der Waals surface area contributed by atoms with E-state index in [1.54, 1.807) is 21.4 Å². The first-order valence-electron chi connectivity index (χ1n) is 11.0. The highest BCUT2D eigenvalue weighted by Gasteiger charge is 2.33. The van der Waals surface area contributed by atoms with Crippen molar-refractivity contribution in [2.24, 2.45) is 0 Å². The maximum absolute atomic E-state index is 13.1. The number of carbonyl (C=O) groups is 3. The third kappa shape index (κ3) is 4.19. The molecule has 1 aromatic carbocycles. The van der Waals surface area contributed by atoms with E-state index in [9.17, 15) is 14.4 Å². The molecule has 8 nitrogen and oxygen atoms in total. The monoisotopic (exact) mass is 423 g/mol. The summed E-state index contributed by atoms with van der Waals surface area (Å²) in [6.07, 6.45) is 3.27. The van der Waals surface area contributed by atoms with E-state index < -0.39 is 11.7 Å². The number of Topliss-reactive ketones (excluding diaryl/α,β-unsaturated/α-hetero) is 1. The fourth-order valence-electron chi connectivity index (χ4n) is 4.43. The molecule has 2 aromatic rings. The van der Waals surface area contributed by atoms with Gasteiger partial charge in [0, 0.05) is 39.3 Å². The van der Waals surface area contributed by atoms with E-state index >= 15 is 0 Å². The second kappa shape index (κ2) is 8.91. The molecule has 0 radical (unpaired) electrons. The van der Waals surface area contributed by atoms with Crippen LogP contribution in [0.2, 0.25) is 0 Å². The van der Waals surface area contributed by atoms with Gasteiger partial charge in [-0.2, -0.15) is 5.10 Å². The van der Waals surface area contributed by atoms with Crippen molar-refractivity contribution in [3.63, 3.8) is 0 Å². The Hall–Kier alpha value is -3.16. The van der Waals surface area contributed by atoms with E-state index in [0.717, 1.165) is 31.6 Å². The van der Waals surface area contributed by atoms with Crippen LogP contribution in [0.5, 0.6) is 0 Å². The lowest BCUT2D eigenvalue weighted by Gasteiger charge is -2.38. The van der Waals surface area contributed by atoms with Crippen molar-refractivity contribution >= 4 is 17.7 Å². The molecule has 0 spiro atoms. The van der Waals surface area contributed by atoms with Crippen LogP contribution in [0.1, 0.15) is 41.0 Å². The van der Waals surface area contributed by atoms with Crippen LogP contribution in [0.4, 0.5) is 4.79 Å². The molecule has 1 aromatic heterocycles. The van der Waals surface area contributed by atoms with Crippen LogP contribution in [-0.2, 0) is 4.79 Å². The van der Waals surface area contributed by atoms with Crippen LogP contribution < -0.4 is 0 Å². The predicted octanol–water partition coefficient (Wildman–Crippen LogP) is 2.42. The molecule has 3 amide bonds. The van der Waals surface area contributed by atoms with Gasteiger partial charge in [0.2, 0.25) is 0 Å². The summed E-state index contributed by atoms with van der Waals surface area (Å²) in [5.41, 5.74) is 2.40. The van der Waals surface area contributed by atoms with E-state index in [0.29, 0.717) is 43.1 Å². The number of aromatic nitrogens is 2. The summed E-state index contributed by atoms with van der Waals surface area (Å²) in [5.74, 6) is -1.06. The largest absolute Gasteiger partial charge is 0.332 e. The zero-order valence-corrected chi connectivity index (χ0v) is 18.2. The van der Waals surface area contributed by atoms with Gasteiger partial charge in [-0.25, -0.2) is 9.48 Å². The van der Waals surface area contributed by atoms with E-state index in [4.69, 9.17) is 0 Å². The Kier molecular flexibility index (Phi) is 6.06. The smallest absolute Gasteiger partial charge is 0.320 e. The predicted molar refractivity (Wildman–Crippen MR) is 116 cm³/mol. The van der Waals surface area contributed by atoms with Crippen molar-refractivity contribution in [1.82, 2.24) is 24.5 Å². The Morgan fingerprint density at radius 3 is 2.00 bits per heavy atom. The molecule has 0 unspecified atom stereocenters. The number of ketones is 1. The number of aryl methyl sites for hydroxylation is 1. The van der Waals surface area contributed by atoms with Gasteiger partial charge in [-0.15, -0.1) is 0 Å². The number of nitrogens with zero attached hydrogens (tertiary/aromatic N) is 5.